The molecule has 4 nitrogen and oxygen atoms in total. The summed E-state index contributed by atoms with van der Waals surface area (Å²) in [4.78, 5) is 16.2. The third-order valence-corrected chi connectivity index (χ3v) is 4.46. The molecule has 0 spiro atoms. The molecule has 0 saturated carbocycles. The van der Waals surface area contributed by atoms with E-state index < -0.39 is 0 Å². The fourth-order valence-electron chi connectivity index (χ4n) is 3.22. The van der Waals surface area contributed by atoms with E-state index in [0.29, 0.717) is 13.0 Å². The molecule has 0 unspecified atom stereocenters. The van der Waals surface area contributed by atoms with Gasteiger partial charge in [0.2, 0.25) is 5.91 Å². The van der Waals surface area contributed by atoms with Crippen molar-refractivity contribution in [2.45, 2.75) is 32.2 Å². The summed E-state index contributed by atoms with van der Waals surface area (Å²) >= 11 is 0. The zero-order valence-electron chi connectivity index (χ0n) is 12.8. The summed E-state index contributed by atoms with van der Waals surface area (Å²) in [6.07, 6.45) is 8.99. The van der Waals surface area contributed by atoms with Gasteiger partial charge >= 0.3 is 0 Å². The van der Waals surface area contributed by atoms with Crippen LogP contribution < -0.4 is 5.32 Å². The smallest absolute Gasteiger partial charge is 0.224 e. The molecule has 1 amide bonds. The Morgan fingerprint density at radius 3 is 2.78 bits per heavy atom. The van der Waals surface area contributed by atoms with Gasteiger partial charge in [-0.25, -0.2) is 0 Å². The first-order valence-electron chi connectivity index (χ1n) is 7.97. The lowest BCUT2D eigenvalue weighted by Crippen LogP contribution is -2.24. The first kappa shape index (κ1) is 14.0. The van der Waals surface area contributed by atoms with E-state index in [4.69, 9.17) is 4.42 Å². The highest BCUT2D eigenvalue weighted by atomic mass is 16.3. The molecular formula is C19H18N2O2. The molecule has 1 aromatic carbocycles. The van der Waals surface area contributed by atoms with Gasteiger partial charge in [0.05, 0.1) is 12.7 Å². The van der Waals surface area contributed by atoms with Crippen molar-refractivity contribution >= 4 is 16.9 Å². The van der Waals surface area contributed by atoms with Crippen LogP contribution in [0, 0.1) is 0 Å². The average Bonchev–Trinajstić information content (AvgIpc) is 3.19. The highest BCUT2D eigenvalue weighted by Gasteiger charge is 2.16. The molecule has 0 saturated heterocycles. The zero-order valence-corrected chi connectivity index (χ0v) is 12.8. The molecule has 4 heteroatoms. The number of hydrogen-bond donors (Lipinski definition) is 1. The van der Waals surface area contributed by atoms with Crippen LogP contribution in [-0.4, -0.2) is 10.9 Å². The summed E-state index contributed by atoms with van der Waals surface area (Å²) in [5.74, 6) is 0.00464. The van der Waals surface area contributed by atoms with Gasteiger partial charge in [-0.1, -0.05) is 0 Å². The van der Waals surface area contributed by atoms with Gasteiger partial charge in [0.25, 0.3) is 0 Å². The van der Waals surface area contributed by atoms with Gasteiger partial charge in [-0.15, -0.1) is 0 Å². The maximum absolute atomic E-state index is 12.2. The van der Waals surface area contributed by atoms with Crippen molar-refractivity contribution in [1.82, 2.24) is 10.3 Å². The summed E-state index contributed by atoms with van der Waals surface area (Å²) in [5.41, 5.74) is 5.69. The monoisotopic (exact) mass is 306 g/mol. The zero-order chi connectivity index (χ0) is 15.6. The summed E-state index contributed by atoms with van der Waals surface area (Å²) in [5, 5.41) is 4.02. The van der Waals surface area contributed by atoms with Gasteiger partial charge in [-0.05, 0) is 60.2 Å². The molecule has 1 N–H and O–H groups in total. The summed E-state index contributed by atoms with van der Waals surface area (Å²) in [6.45, 7) is 0.520. The maximum atomic E-state index is 12.2. The first-order valence-corrected chi connectivity index (χ1v) is 7.97. The Bertz CT molecular complexity index is 852. The van der Waals surface area contributed by atoms with E-state index in [9.17, 15) is 4.79 Å². The molecular weight excluding hydrogens is 288 g/mol. The van der Waals surface area contributed by atoms with Crippen molar-refractivity contribution in [2.75, 3.05) is 0 Å². The van der Waals surface area contributed by atoms with E-state index in [-0.39, 0.29) is 5.91 Å². The summed E-state index contributed by atoms with van der Waals surface area (Å²) in [7, 11) is 0. The summed E-state index contributed by atoms with van der Waals surface area (Å²) in [6, 6.07) is 8.14. The van der Waals surface area contributed by atoms with E-state index in [0.717, 1.165) is 34.9 Å². The number of nitrogens with one attached hydrogen (secondary N) is 1. The molecule has 0 radical (unpaired) electrons. The van der Waals surface area contributed by atoms with Crippen molar-refractivity contribution in [2.24, 2.45) is 0 Å². The molecule has 116 valence electrons. The Morgan fingerprint density at radius 1 is 1.17 bits per heavy atom. The second-order valence-electron chi connectivity index (χ2n) is 6.04. The lowest BCUT2D eigenvalue weighted by Gasteiger charge is -2.05. The molecule has 0 atom stereocenters. The second kappa shape index (κ2) is 5.88. The lowest BCUT2D eigenvalue weighted by molar-refractivity contribution is -0.120. The lowest BCUT2D eigenvalue weighted by atomic mass is 10.0. The van der Waals surface area contributed by atoms with Crippen molar-refractivity contribution in [3.63, 3.8) is 0 Å². The Labute approximate surface area is 134 Å². The van der Waals surface area contributed by atoms with Gasteiger partial charge in [-0.3, -0.25) is 9.78 Å². The van der Waals surface area contributed by atoms with Crippen LogP contribution in [0.1, 0.15) is 28.7 Å². The number of aryl methyl sites for hydroxylation is 2. The first-order chi connectivity index (χ1) is 11.3. The molecule has 1 aliphatic carbocycles. The van der Waals surface area contributed by atoms with Gasteiger partial charge in [0.1, 0.15) is 5.58 Å². The van der Waals surface area contributed by atoms with Crippen LogP contribution in [0.3, 0.4) is 0 Å². The van der Waals surface area contributed by atoms with Crippen molar-refractivity contribution < 1.29 is 9.21 Å². The second-order valence-corrected chi connectivity index (χ2v) is 6.04. The van der Waals surface area contributed by atoms with Crippen molar-refractivity contribution in [1.29, 1.82) is 0 Å². The molecule has 4 rings (SSSR count). The molecule has 0 fully saturated rings. The molecule has 1 aliphatic rings. The number of carbonyl (C=O) groups is 1. The quantitative estimate of drug-likeness (QED) is 0.805. The third kappa shape index (κ3) is 2.84. The van der Waals surface area contributed by atoms with Crippen LogP contribution in [0.15, 0.2) is 47.3 Å². The van der Waals surface area contributed by atoms with E-state index >= 15 is 0 Å². The number of benzene rings is 1. The maximum Gasteiger partial charge on any atom is 0.224 e. The molecule has 0 bridgehead atoms. The number of hydrogen-bond acceptors (Lipinski definition) is 3. The summed E-state index contributed by atoms with van der Waals surface area (Å²) < 4.78 is 5.65. The fraction of sp³-hybridized carbons (Fsp3) is 0.263. The minimum Gasteiger partial charge on any atom is -0.464 e. The largest absolute Gasteiger partial charge is 0.464 e. The Hall–Kier alpha value is -2.62. The van der Waals surface area contributed by atoms with Gasteiger partial charge in [-0.2, -0.15) is 0 Å². The van der Waals surface area contributed by atoms with E-state index in [1.807, 2.05) is 12.1 Å². The third-order valence-electron chi connectivity index (χ3n) is 4.46. The van der Waals surface area contributed by atoms with Crippen LogP contribution in [0.25, 0.3) is 11.0 Å². The normalized spacial score (nSPS) is 13.2. The number of fused-ring (bicyclic) bond motifs is 2. The van der Waals surface area contributed by atoms with Crippen molar-refractivity contribution in [3.05, 3.63) is 65.2 Å². The predicted octanol–water partition coefficient (Wildman–Crippen LogP) is 3.18. The van der Waals surface area contributed by atoms with Crippen LogP contribution in [0.4, 0.5) is 0 Å². The number of furan rings is 1. The van der Waals surface area contributed by atoms with E-state index in [1.54, 1.807) is 18.7 Å². The Balaban J connectivity index is 1.48. The van der Waals surface area contributed by atoms with Crippen molar-refractivity contribution in [3.8, 4) is 0 Å². The highest BCUT2D eigenvalue weighted by Crippen LogP contribution is 2.30. The molecule has 23 heavy (non-hydrogen) atoms. The van der Waals surface area contributed by atoms with Crippen LogP contribution >= 0.6 is 0 Å². The SMILES string of the molecule is O=C(Cc1coc2cc3c(cc12)CCC3)NCc1ccncc1. The minimum atomic E-state index is 0.00464. The number of amides is 1. The van der Waals surface area contributed by atoms with E-state index in [1.165, 1.54) is 17.5 Å². The molecule has 3 aromatic rings. The molecule has 0 aliphatic heterocycles. The Kier molecular flexibility index (Phi) is 3.58. The van der Waals surface area contributed by atoms with Crippen LogP contribution in [-0.2, 0) is 30.6 Å². The van der Waals surface area contributed by atoms with Crippen LogP contribution in [0.2, 0.25) is 0 Å². The topological polar surface area (TPSA) is 55.1 Å². The predicted molar refractivity (Wildman–Crippen MR) is 88.0 cm³/mol. The molecule has 2 aromatic heterocycles. The Morgan fingerprint density at radius 2 is 1.96 bits per heavy atom. The molecule has 2 heterocycles. The minimum absolute atomic E-state index is 0.00464. The average molecular weight is 306 g/mol. The number of pyridine rings is 1. The highest BCUT2D eigenvalue weighted by molar-refractivity contribution is 5.88. The number of aromatic nitrogens is 1. The number of nitrogens with zero attached hydrogens (tertiary/aromatic N) is 1. The number of carbonyl (C=O) groups excluding carboxylic acids is 1. The van der Waals surface area contributed by atoms with E-state index in [2.05, 4.69) is 22.4 Å². The van der Waals surface area contributed by atoms with Gasteiger partial charge in [0.15, 0.2) is 0 Å². The fourth-order valence-corrected chi connectivity index (χ4v) is 3.22. The number of rotatable bonds is 4. The van der Waals surface area contributed by atoms with Gasteiger partial charge in [0, 0.05) is 29.9 Å². The van der Waals surface area contributed by atoms with Crippen LogP contribution in [0.5, 0.6) is 0 Å². The van der Waals surface area contributed by atoms with Gasteiger partial charge < -0.3 is 9.73 Å². The standard InChI is InChI=1S/C19H18N2O2/c22-19(21-11-13-4-6-20-7-5-13)10-16-12-23-18-9-15-3-1-2-14(15)8-17(16)18/h4-9,12H,1-3,10-11H2,(H,21,22).